The maximum Gasteiger partial charge on any atom is 0.318 e. The lowest BCUT2D eigenvalue weighted by Crippen LogP contribution is -2.60. The Labute approximate surface area is 117 Å². The summed E-state index contributed by atoms with van der Waals surface area (Å²) in [6, 6.07) is -1.32. The molecule has 1 aliphatic heterocycles. The fraction of sp³-hybridized carbons (Fsp3) is 0.750. The Bertz CT molecular complexity index is 361. The van der Waals surface area contributed by atoms with E-state index in [1.54, 1.807) is 0 Å². The normalized spacial score (nSPS) is 18.6. The molecule has 1 atom stereocenters. The molecule has 1 aliphatic rings. The van der Waals surface area contributed by atoms with Gasteiger partial charge < -0.3 is 26.0 Å². The minimum absolute atomic E-state index is 0.322. The molecule has 0 aromatic carbocycles. The van der Waals surface area contributed by atoms with Crippen LogP contribution in [0.25, 0.3) is 0 Å². The summed E-state index contributed by atoms with van der Waals surface area (Å²) in [5.74, 6) is -1.52. The molecule has 0 spiro atoms. The Kier molecular flexibility index (Phi) is 6.78. The first-order valence-corrected chi connectivity index (χ1v) is 6.81. The molecule has 1 rings (SSSR count). The lowest BCUT2D eigenvalue weighted by Gasteiger charge is -2.34. The predicted octanol–water partition coefficient (Wildman–Crippen LogP) is -1.03. The second kappa shape index (κ2) is 8.36. The first-order valence-electron chi connectivity index (χ1n) is 6.81. The minimum atomic E-state index is -1.10. The summed E-state index contributed by atoms with van der Waals surface area (Å²) in [6.45, 7) is 4.84. The lowest BCUT2D eigenvalue weighted by atomic mass is 10.1. The van der Waals surface area contributed by atoms with E-state index in [0.29, 0.717) is 19.6 Å². The first-order chi connectivity index (χ1) is 9.56. The van der Waals surface area contributed by atoms with Gasteiger partial charge in [0.1, 0.15) is 6.04 Å². The zero-order valence-corrected chi connectivity index (χ0v) is 11.6. The number of nitrogens with one attached hydrogen (secondary N) is 3. The van der Waals surface area contributed by atoms with E-state index in [2.05, 4.69) is 16.0 Å². The largest absolute Gasteiger partial charge is 0.481 e. The van der Waals surface area contributed by atoms with Crippen molar-refractivity contribution in [2.24, 2.45) is 0 Å². The summed E-state index contributed by atoms with van der Waals surface area (Å²) in [7, 11) is 0. The molecule has 114 valence electrons. The van der Waals surface area contributed by atoms with E-state index >= 15 is 0 Å². The number of aliphatic carboxylic acids is 1. The van der Waals surface area contributed by atoms with Gasteiger partial charge in [0.2, 0.25) is 5.91 Å². The maximum absolute atomic E-state index is 12.0. The monoisotopic (exact) mass is 286 g/mol. The molecule has 0 aromatic rings. The van der Waals surface area contributed by atoms with Crippen molar-refractivity contribution in [1.82, 2.24) is 20.9 Å². The average Bonchev–Trinajstić information content (AvgIpc) is 2.40. The summed E-state index contributed by atoms with van der Waals surface area (Å²) < 4.78 is 0. The quantitative estimate of drug-likeness (QED) is 0.447. The van der Waals surface area contributed by atoms with E-state index in [4.69, 9.17) is 5.11 Å². The minimum Gasteiger partial charge on any atom is -0.481 e. The number of nitrogens with zero attached hydrogens (tertiary/aromatic N) is 1. The molecule has 0 radical (unpaired) electrons. The molecule has 1 fully saturated rings. The predicted molar refractivity (Wildman–Crippen MR) is 72.3 cm³/mol. The van der Waals surface area contributed by atoms with Crippen molar-refractivity contribution < 1.29 is 19.5 Å². The van der Waals surface area contributed by atoms with Crippen molar-refractivity contribution in [3.63, 3.8) is 0 Å². The third kappa shape index (κ3) is 5.04. The van der Waals surface area contributed by atoms with Crippen LogP contribution in [0.1, 0.15) is 19.8 Å². The van der Waals surface area contributed by atoms with Crippen LogP contribution in [0.2, 0.25) is 0 Å². The van der Waals surface area contributed by atoms with Gasteiger partial charge in [0, 0.05) is 19.6 Å². The fourth-order valence-electron chi connectivity index (χ4n) is 2.01. The van der Waals surface area contributed by atoms with Crippen molar-refractivity contribution in [3.8, 4) is 0 Å². The number of carboxylic acids is 1. The third-order valence-electron chi connectivity index (χ3n) is 3.02. The van der Waals surface area contributed by atoms with Crippen molar-refractivity contribution in [2.45, 2.75) is 25.8 Å². The van der Waals surface area contributed by atoms with E-state index in [9.17, 15) is 14.4 Å². The van der Waals surface area contributed by atoms with Gasteiger partial charge in [-0.25, -0.2) is 4.79 Å². The third-order valence-corrected chi connectivity index (χ3v) is 3.02. The summed E-state index contributed by atoms with van der Waals surface area (Å²) in [4.78, 5) is 35.7. The van der Waals surface area contributed by atoms with Gasteiger partial charge in [-0.2, -0.15) is 0 Å². The zero-order valence-electron chi connectivity index (χ0n) is 11.6. The molecule has 1 heterocycles. The van der Waals surface area contributed by atoms with Crippen LogP contribution in [0.4, 0.5) is 4.79 Å². The molecule has 8 nitrogen and oxygen atoms in total. The van der Waals surface area contributed by atoms with Gasteiger partial charge in [0.15, 0.2) is 0 Å². The topological polar surface area (TPSA) is 111 Å². The van der Waals surface area contributed by atoms with Crippen molar-refractivity contribution in [3.05, 3.63) is 0 Å². The number of hydrogen-bond donors (Lipinski definition) is 4. The van der Waals surface area contributed by atoms with Crippen molar-refractivity contribution in [2.75, 3.05) is 32.7 Å². The van der Waals surface area contributed by atoms with E-state index in [1.165, 1.54) is 4.90 Å². The summed E-state index contributed by atoms with van der Waals surface area (Å²) in [5, 5.41) is 17.2. The van der Waals surface area contributed by atoms with Crippen LogP contribution in [-0.4, -0.2) is 66.7 Å². The Morgan fingerprint density at radius 1 is 1.45 bits per heavy atom. The highest BCUT2D eigenvalue weighted by Gasteiger charge is 2.34. The zero-order chi connectivity index (χ0) is 15.0. The van der Waals surface area contributed by atoms with Crippen LogP contribution in [0.5, 0.6) is 0 Å². The van der Waals surface area contributed by atoms with Crippen LogP contribution < -0.4 is 16.0 Å². The molecule has 0 saturated carbocycles. The molecule has 3 amide bonds. The number of rotatable bonds is 7. The number of carbonyl (C=O) groups is 3. The van der Waals surface area contributed by atoms with Gasteiger partial charge in [-0.05, 0) is 19.5 Å². The highest BCUT2D eigenvalue weighted by Crippen LogP contribution is 2.09. The molecular weight excluding hydrogens is 264 g/mol. The molecule has 0 bridgehead atoms. The van der Waals surface area contributed by atoms with E-state index < -0.39 is 17.9 Å². The number of carboxylic acid groups (broad SMARTS) is 1. The number of hydrogen-bond acceptors (Lipinski definition) is 4. The van der Waals surface area contributed by atoms with Crippen LogP contribution >= 0.6 is 0 Å². The van der Waals surface area contributed by atoms with E-state index in [0.717, 1.165) is 19.5 Å². The van der Waals surface area contributed by atoms with Crippen LogP contribution in [0.15, 0.2) is 0 Å². The van der Waals surface area contributed by atoms with Crippen LogP contribution in [0.3, 0.4) is 0 Å². The average molecular weight is 286 g/mol. The fourth-order valence-corrected chi connectivity index (χ4v) is 2.01. The van der Waals surface area contributed by atoms with Gasteiger partial charge in [0.25, 0.3) is 0 Å². The summed E-state index contributed by atoms with van der Waals surface area (Å²) >= 11 is 0. The first kappa shape index (κ1) is 16.2. The van der Waals surface area contributed by atoms with Gasteiger partial charge >= 0.3 is 12.0 Å². The molecule has 8 heteroatoms. The highest BCUT2D eigenvalue weighted by atomic mass is 16.4. The maximum atomic E-state index is 12.0. The molecular formula is C12H22N4O4. The molecule has 1 unspecified atom stereocenters. The second-order valence-corrected chi connectivity index (χ2v) is 4.54. The van der Waals surface area contributed by atoms with Gasteiger partial charge in [-0.3, -0.25) is 9.59 Å². The summed E-state index contributed by atoms with van der Waals surface area (Å²) in [6.07, 6.45) is 0.403. The SMILES string of the molecule is CCNCCCNC(=O)N1CCNC(=O)C1CC(=O)O. The Balaban J connectivity index is 2.46. The Morgan fingerprint density at radius 2 is 2.20 bits per heavy atom. The van der Waals surface area contributed by atoms with Gasteiger partial charge in [0.05, 0.1) is 6.42 Å². The molecule has 4 N–H and O–H groups in total. The van der Waals surface area contributed by atoms with Crippen LogP contribution in [0, 0.1) is 0 Å². The van der Waals surface area contributed by atoms with E-state index in [1.807, 2.05) is 6.92 Å². The lowest BCUT2D eigenvalue weighted by molar-refractivity contribution is -0.142. The number of carbonyl (C=O) groups excluding carboxylic acids is 2. The van der Waals surface area contributed by atoms with Crippen molar-refractivity contribution >= 4 is 17.9 Å². The number of urea groups is 1. The molecule has 20 heavy (non-hydrogen) atoms. The van der Waals surface area contributed by atoms with Crippen LogP contribution in [-0.2, 0) is 9.59 Å². The number of amides is 3. The standard InChI is InChI=1S/C12H22N4O4/c1-2-13-4-3-5-15-12(20)16-7-6-14-11(19)9(16)8-10(17)18/h9,13H,2-8H2,1H3,(H,14,19)(H,15,20)(H,17,18). The van der Waals surface area contributed by atoms with Gasteiger partial charge in [-0.15, -0.1) is 0 Å². The summed E-state index contributed by atoms with van der Waals surface area (Å²) in [5.41, 5.74) is 0. The smallest absolute Gasteiger partial charge is 0.318 e. The molecule has 1 saturated heterocycles. The number of piperazine rings is 1. The van der Waals surface area contributed by atoms with Crippen molar-refractivity contribution in [1.29, 1.82) is 0 Å². The van der Waals surface area contributed by atoms with Gasteiger partial charge in [-0.1, -0.05) is 6.92 Å². The molecule has 0 aromatic heterocycles. The highest BCUT2D eigenvalue weighted by molar-refractivity contribution is 5.91. The van der Waals surface area contributed by atoms with E-state index in [-0.39, 0.29) is 12.5 Å². The molecule has 0 aliphatic carbocycles. The second-order valence-electron chi connectivity index (χ2n) is 4.54. The Morgan fingerprint density at radius 3 is 2.85 bits per heavy atom. The Hall–Kier alpha value is -1.83.